The van der Waals surface area contributed by atoms with E-state index in [9.17, 15) is 29.1 Å². The molecule has 0 fully saturated rings. The number of esters is 2. The third-order valence-electron chi connectivity index (χ3n) is 7.39. The molecule has 0 aromatic rings. The molecule has 0 amide bonds. The molecule has 73 heavy (non-hydrogen) atoms. The van der Waals surface area contributed by atoms with Crippen LogP contribution in [-0.4, -0.2) is 57.0 Å². The second-order valence-electron chi connectivity index (χ2n) is 14.2. The van der Waals surface area contributed by atoms with Gasteiger partial charge in [-0.3, -0.25) is 15.7 Å². The van der Waals surface area contributed by atoms with Crippen molar-refractivity contribution in [2.45, 2.75) is 83.1 Å². The van der Waals surface area contributed by atoms with E-state index in [2.05, 4.69) is 67.2 Å². The van der Waals surface area contributed by atoms with Crippen molar-refractivity contribution in [3.63, 3.8) is 0 Å². The average Bonchev–Trinajstić information content (AvgIpc) is 3.33. The predicted octanol–water partition coefficient (Wildman–Crippen LogP) is 5.22. The zero-order valence-electron chi connectivity index (χ0n) is 45.8. The summed E-state index contributed by atoms with van der Waals surface area (Å²) >= 11 is 0. The Morgan fingerprint density at radius 3 is 0.973 bits per heavy atom. The molecule has 0 rings (SSSR count). The molecule has 382 valence electrons. The first-order valence-electron chi connectivity index (χ1n) is 21.4. The number of hydrogen-bond donors (Lipinski definition) is 0. The molecule has 0 N–H and O–H groups in total. The van der Waals surface area contributed by atoms with Crippen molar-refractivity contribution in [1.29, 1.82) is 0 Å². The first-order chi connectivity index (χ1) is 33.6. The number of carboxylic acids is 1. The fraction of sp³-hybridized carbons (Fsp3) is 0.237. The van der Waals surface area contributed by atoms with Gasteiger partial charge in [0.2, 0.25) is 0 Å². The summed E-state index contributed by atoms with van der Waals surface area (Å²) in [5.41, 5.74) is 8.40. The van der Waals surface area contributed by atoms with Crippen molar-refractivity contribution < 1.29 is 117 Å². The second-order valence-corrected chi connectivity index (χ2v) is 14.2. The van der Waals surface area contributed by atoms with Crippen LogP contribution < -0.4 is 64.2 Å². The minimum absolute atomic E-state index is 0. The van der Waals surface area contributed by atoms with E-state index in [1.54, 1.807) is 76.3 Å². The molecule has 0 aliphatic carbocycles. The first-order valence-corrected chi connectivity index (χ1v) is 21.4. The van der Waals surface area contributed by atoms with E-state index in [1.807, 2.05) is 107 Å². The Kier molecular flexibility index (Phi) is 72.7. The summed E-state index contributed by atoms with van der Waals surface area (Å²) in [6.45, 7) is 25.8. The quantitative estimate of drug-likeness (QED) is 0.0386. The number of carboxylic acid groups (broad SMARTS) is 1. The van der Waals surface area contributed by atoms with Crippen LogP contribution in [0, 0.1) is 6.08 Å². The molecule has 0 aromatic carbocycles. The van der Waals surface area contributed by atoms with E-state index in [0.717, 1.165) is 29.3 Å². The van der Waals surface area contributed by atoms with Crippen LogP contribution >= 0.6 is 0 Å². The van der Waals surface area contributed by atoms with Gasteiger partial charge in [0, 0.05) is 11.1 Å². The van der Waals surface area contributed by atoms with Gasteiger partial charge in [0.15, 0.2) is 0 Å². The molecule has 0 atom stereocenters. The van der Waals surface area contributed by atoms with Gasteiger partial charge in [0.25, 0.3) is 0 Å². The van der Waals surface area contributed by atoms with E-state index in [0.29, 0.717) is 22.3 Å². The summed E-state index contributed by atoms with van der Waals surface area (Å²) in [5, 5.41) is 10.5. The topological polar surface area (TPSA) is 195 Å². The van der Waals surface area contributed by atoms with Crippen molar-refractivity contribution in [2.75, 3.05) is 14.2 Å². The molecule has 0 unspecified atom stereocenters. The summed E-state index contributed by atoms with van der Waals surface area (Å²) in [4.78, 5) is 85.0. The standard InChI is InChI=1S/C21H28O2.C19H23O2.C10H12O2.C7H10O2.2CO2.2Na/c1-17(2)11-9-14-18(3)12-7-8-13-19(4)15-10-16-20(5)21(22)23-6;1-5-6-7-11-16(2)12-8-9-13-17(3)14-10-15-18(4)19(20)21;1-9(7-11)5-3-4-6-10(2)8-12;1-4-5-6(2)7(8)9-3;2*2-1-3;;/h7-16H,1-6H3;6-15H,1-4H3,(H,20,21);3-8H,1-2H3;4-5H,1H2,2-3H3;;;;/q;-1;;;;;2*+1/p-1/b8-7+,14-9+,15-10+,18-12+,19-13+,20-16+;9-8+,11-7+,14-10+,16-12+,17-13+,18-15+;4-3+,9-5+,10-6+;6-5+;;;;. The molecule has 0 aliphatic rings. The molecule has 0 bridgehead atoms. The molecule has 0 spiro atoms. The number of carbonyl (C=O) groups is 5. The van der Waals surface area contributed by atoms with Crippen molar-refractivity contribution in [3.05, 3.63) is 226 Å². The molecule has 14 heteroatoms. The van der Waals surface area contributed by atoms with Crippen molar-refractivity contribution in [3.8, 4) is 0 Å². The number of ether oxygens (including phenoxy) is 2. The Hall–Kier alpha value is -6.43. The minimum atomic E-state index is -1.15. The Balaban J connectivity index is -0.000000129. The predicted molar refractivity (Wildman–Crippen MR) is 282 cm³/mol. The Labute approximate surface area is 479 Å². The van der Waals surface area contributed by atoms with Crippen molar-refractivity contribution in [1.82, 2.24) is 0 Å². The third-order valence-corrected chi connectivity index (χ3v) is 7.39. The molecular formula is C59H72Na2O12. The smallest absolute Gasteiger partial charge is 0.545 e. The van der Waals surface area contributed by atoms with Crippen LogP contribution in [0.4, 0.5) is 0 Å². The number of aliphatic carboxylic acids is 1. The van der Waals surface area contributed by atoms with Gasteiger partial charge in [-0.1, -0.05) is 174 Å². The van der Waals surface area contributed by atoms with Crippen LogP contribution in [0.5, 0.6) is 0 Å². The Bertz CT molecular complexity index is 2250. The number of carbonyl (C=O) groups excluding carboxylic acids is 9. The van der Waals surface area contributed by atoms with Gasteiger partial charge >= 0.3 is 83.4 Å². The third kappa shape index (κ3) is 72.2. The zero-order valence-corrected chi connectivity index (χ0v) is 49.8. The molecule has 0 aromatic heterocycles. The maximum absolute atomic E-state index is 11.2. The molecule has 12 nitrogen and oxygen atoms in total. The maximum atomic E-state index is 11.2. The fourth-order valence-corrected chi connectivity index (χ4v) is 3.62. The summed E-state index contributed by atoms with van der Waals surface area (Å²) in [6.07, 6.45) is 53.5. The number of aldehydes is 2. The van der Waals surface area contributed by atoms with E-state index in [-0.39, 0.29) is 88.9 Å². The Morgan fingerprint density at radius 1 is 0.438 bits per heavy atom. The average molecular weight is 1020 g/mol. The normalized spacial score (nSPS) is 12.5. The molecule has 0 aliphatic heterocycles. The second kappa shape index (κ2) is 63.6. The van der Waals surface area contributed by atoms with Crippen LogP contribution in [0.2, 0.25) is 0 Å². The fourth-order valence-electron chi connectivity index (χ4n) is 3.62. The molecule has 0 saturated carbocycles. The number of methoxy groups -OCH3 is 2. The van der Waals surface area contributed by atoms with E-state index >= 15 is 0 Å². The van der Waals surface area contributed by atoms with Crippen LogP contribution in [0.25, 0.3) is 0 Å². The summed E-state index contributed by atoms with van der Waals surface area (Å²) in [5.74, 6) is -1.77. The van der Waals surface area contributed by atoms with Crippen LogP contribution in [0.3, 0.4) is 0 Å². The van der Waals surface area contributed by atoms with Crippen LogP contribution in [0.1, 0.15) is 83.1 Å². The number of allylic oxidation sites excluding steroid dienone is 34. The minimum Gasteiger partial charge on any atom is -0.545 e. The van der Waals surface area contributed by atoms with Gasteiger partial charge in [-0.05, 0) is 92.9 Å². The molecule has 0 radical (unpaired) electrons. The Morgan fingerprint density at radius 2 is 0.712 bits per heavy atom. The SMILES string of the molecule is C=C/C=C(\C)C(=O)OC.COC(=O)/C(C)=C/C=C/C(C)=C/C=C/C=C(C)/C=C/C=C(C)C.C[C-]=C/C=C/C(C)=C/C=C/C=C(C)/C=C/C=C(\C)C(=O)[O-].C\C(C=O)=C/C=C/C=C(\C)C=O.O=C=O.O=C=O.[Na+].[Na+]. The largest absolute Gasteiger partial charge is 1.00 e. The monoisotopic (exact) mass is 1020 g/mol. The molecule has 0 heterocycles. The number of hydrogen-bond acceptors (Lipinski definition) is 12. The first kappa shape index (κ1) is 83.4. The van der Waals surface area contributed by atoms with Gasteiger partial charge < -0.3 is 19.4 Å². The summed E-state index contributed by atoms with van der Waals surface area (Å²) < 4.78 is 9.04. The van der Waals surface area contributed by atoms with Crippen molar-refractivity contribution >= 4 is 42.8 Å². The van der Waals surface area contributed by atoms with Gasteiger partial charge in [0.1, 0.15) is 12.6 Å². The van der Waals surface area contributed by atoms with Gasteiger partial charge in [0.05, 0.1) is 20.2 Å². The van der Waals surface area contributed by atoms with Crippen LogP contribution in [-0.2, 0) is 52.6 Å². The zero-order chi connectivity index (χ0) is 55.8. The van der Waals surface area contributed by atoms with Gasteiger partial charge in [-0.25, -0.2) is 21.7 Å². The van der Waals surface area contributed by atoms with E-state index < -0.39 is 5.97 Å². The summed E-state index contributed by atoms with van der Waals surface area (Å²) in [7, 11) is 2.73. The molecule has 0 saturated heterocycles. The molecular weight excluding hydrogens is 947 g/mol. The van der Waals surface area contributed by atoms with E-state index in [1.165, 1.54) is 38.4 Å². The summed E-state index contributed by atoms with van der Waals surface area (Å²) in [6, 6.07) is 0. The van der Waals surface area contributed by atoms with E-state index in [4.69, 9.17) is 19.2 Å². The van der Waals surface area contributed by atoms with Crippen molar-refractivity contribution in [2.24, 2.45) is 0 Å². The van der Waals surface area contributed by atoms with Gasteiger partial charge in [-0.2, -0.15) is 19.2 Å². The number of rotatable bonds is 20. The van der Waals surface area contributed by atoms with Crippen LogP contribution in [0.15, 0.2) is 220 Å². The van der Waals surface area contributed by atoms with Gasteiger partial charge in [-0.15, -0.1) is 13.0 Å². The maximum Gasteiger partial charge on any atom is 1.00 e.